The number of aromatic nitrogens is 1. The van der Waals surface area contributed by atoms with E-state index in [4.69, 9.17) is 10.5 Å². The summed E-state index contributed by atoms with van der Waals surface area (Å²) in [5, 5.41) is 16.9. The summed E-state index contributed by atoms with van der Waals surface area (Å²) < 4.78 is 0. The molecule has 0 spiro atoms. The molecular formula is C8H7N3NiS2. The van der Waals surface area contributed by atoms with Crippen LogP contribution in [0.2, 0.25) is 0 Å². The Hall–Kier alpha value is -0.936. The summed E-state index contributed by atoms with van der Waals surface area (Å²) in [4.78, 5) is 3.88. The molecular weight excluding hydrogens is 261 g/mol. The van der Waals surface area contributed by atoms with E-state index in [1.165, 1.54) is 16.4 Å². The van der Waals surface area contributed by atoms with Crippen molar-refractivity contribution < 1.29 is 16.5 Å². The molecule has 0 aliphatic rings. The average Bonchev–Trinajstić information content (AvgIpc) is 2.08. The van der Waals surface area contributed by atoms with Gasteiger partial charge in [0.2, 0.25) is 0 Å². The fourth-order valence-corrected chi connectivity index (χ4v) is 0.448. The van der Waals surface area contributed by atoms with Gasteiger partial charge in [-0.05, 0) is 18.6 Å². The molecule has 0 saturated carbocycles. The predicted molar refractivity (Wildman–Crippen MR) is 54.9 cm³/mol. The third-order valence-corrected chi connectivity index (χ3v) is 0.809. The van der Waals surface area contributed by atoms with Crippen LogP contribution in [-0.2, 0) is 41.7 Å². The van der Waals surface area contributed by atoms with Gasteiger partial charge >= 0.3 is 16.5 Å². The molecule has 6 heteroatoms. The molecule has 0 saturated heterocycles. The third kappa shape index (κ3) is 22.5. The fourth-order valence-electron chi connectivity index (χ4n) is 0.448. The standard InChI is InChI=1S/C6H7N.2CHNS.Ni/c1-6-3-2-4-7-5-6;2*2-1-3;/h2-5H,1H3;2*3H;/q;;;+2/p-2. The number of hydrogen-bond donors (Lipinski definition) is 0. The Bertz CT molecular complexity index is 267. The first kappa shape index (κ1) is 18.8. The Balaban J connectivity index is -0.000000150. The zero-order valence-corrected chi connectivity index (χ0v) is 9.90. The second-order valence-corrected chi connectivity index (χ2v) is 2.08. The number of nitrogens with zero attached hydrogens (tertiary/aromatic N) is 3. The number of thiocyanates is 2. The Morgan fingerprint density at radius 3 is 1.86 bits per heavy atom. The Morgan fingerprint density at radius 2 is 1.71 bits per heavy atom. The molecule has 1 aromatic rings. The quantitative estimate of drug-likeness (QED) is 0.404. The van der Waals surface area contributed by atoms with E-state index in [1.54, 1.807) is 6.20 Å². The second-order valence-electron chi connectivity index (χ2n) is 1.71. The first-order chi connectivity index (χ1) is 6.22. The van der Waals surface area contributed by atoms with Gasteiger partial charge < -0.3 is 25.3 Å². The van der Waals surface area contributed by atoms with E-state index in [-0.39, 0.29) is 16.5 Å². The summed E-state index contributed by atoms with van der Waals surface area (Å²) >= 11 is 7.40. The van der Waals surface area contributed by atoms with Crippen LogP contribution in [0.25, 0.3) is 0 Å². The van der Waals surface area contributed by atoms with Crippen LogP contribution in [0.4, 0.5) is 0 Å². The average molecular weight is 268 g/mol. The van der Waals surface area contributed by atoms with Crippen molar-refractivity contribution in [3.63, 3.8) is 0 Å². The van der Waals surface area contributed by atoms with E-state index >= 15 is 0 Å². The second kappa shape index (κ2) is 18.0. The number of hydrogen-bond acceptors (Lipinski definition) is 5. The van der Waals surface area contributed by atoms with Crippen molar-refractivity contribution in [2.75, 3.05) is 0 Å². The van der Waals surface area contributed by atoms with Crippen LogP contribution in [0.5, 0.6) is 0 Å². The minimum Gasteiger partial charge on any atom is -0.696 e. The van der Waals surface area contributed by atoms with Crippen molar-refractivity contribution in [3.05, 3.63) is 30.1 Å². The number of nitriles is 2. The molecule has 0 atom stereocenters. The van der Waals surface area contributed by atoms with Gasteiger partial charge in [-0.3, -0.25) is 4.98 Å². The molecule has 1 heterocycles. The fraction of sp³-hybridized carbons (Fsp3) is 0.125. The maximum Gasteiger partial charge on any atom is 2.00 e. The maximum absolute atomic E-state index is 7.13. The van der Waals surface area contributed by atoms with Crippen LogP contribution >= 0.6 is 0 Å². The van der Waals surface area contributed by atoms with Gasteiger partial charge in [0, 0.05) is 12.4 Å². The van der Waals surface area contributed by atoms with E-state index in [0.29, 0.717) is 0 Å². The summed E-state index contributed by atoms with van der Waals surface area (Å²) in [5.41, 5.74) is 1.21. The molecule has 0 fully saturated rings. The molecule has 0 unspecified atom stereocenters. The van der Waals surface area contributed by atoms with Crippen molar-refractivity contribution in [1.29, 1.82) is 10.5 Å². The van der Waals surface area contributed by atoms with Crippen LogP contribution in [-0.4, -0.2) is 4.98 Å². The first-order valence-corrected chi connectivity index (χ1v) is 3.93. The van der Waals surface area contributed by atoms with Crippen molar-refractivity contribution in [2.24, 2.45) is 0 Å². The van der Waals surface area contributed by atoms with Gasteiger partial charge in [0.1, 0.15) is 0 Å². The van der Waals surface area contributed by atoms with E-state index in [1.807, 2.05) is 25.3 Å². The van der Waals surface area contributed by atoms with Crippen LogP contribution in [0.15, 0.2) is 24.5 Å². The largest absolute Gasteiger partial charge is 2.00 e. The summed E-state index contributed by atoms with van der Waals surface area (Å²) in [6.07, 6.45) is 3.60. The smallest absolute Gasteiger partial charge is 0.696 e. The van der Waals surface area contributed by atoms with Gasteiger partial charge in [-0.1, -0.05) is 16.9 Å². The molecule has 0 aliphatic heterocycles. The Morgan fingerprint density at radius 1 is 1.29 bits per heavy atom. The van der Waals surface area contributed by atoms with Crippen molar-refractivity contribution in [1.82, 2.24) is 4.98 Å². The zero-order valence-electron chi connectivity index (χ0n) is 7.28. The van der Waals surface area contributed by atoms with Gasteiger partial charge in [0.25, 0.3) is 0 Å². The number of rotatable bonds is 0. The van der Waals surface area contributed by atoms with E-state index in [0.717, 1.165) is 0 Å². The van der Waals surface area contributed by atoms with E-state index in [2.05, 4.69) is 30.2 Å². The summed E-state index contributed by atoms with van der Waals surface area (Å²) in [6, 6.07) is 3.95. The van der Waals surface area contributed by atoms with Gasteiger partial charge in [-0.15, -0.1) is 0 Å². The first-order valence-electron chi connectivity index (χ1n) is 3.12. The maximum atomic E-state index is 7.13. The molecule has 3 nitrogen and oxygen atoms in total. The van der Waals surface area contributed by atoms with Gasteiger partial charge in [0.15, 0.2) is 0 Å². The van der Waals surface area contributed by atoms with E-state index < -0.39 is 0 Å². The van der Waals surface area contributed by atoms with Crippen molar-refractivity contribution in [2.45, 2.75) is 6.92 Å². The summed E-state index contributed by atoms with van der Waals surface area (Å²) in [7, 11) is 0. The third-order valence-electron chi connectivity index (χ3n) is 0.809. The summed E-state index contributed by atoms with van der Waals surface area (Å²) in [5.74, 6) is 0. The molecule has 1 rings (SSSR count). The van der Waals surface area contributed by atoms with Gasteiger partial charge in [0.05, 0.1) is 0 Å². The molecule has 76 valence electrons. The van der Waals surface area contributed by atoms with Crippen LogP contribution in [0.3, 0.4) is 0 Å². The molecule has 0 N–H and O–H groups in total. The Kier molecular flexibility index (Phi) is 24.1. The number of pyridine rings is 1. The predicted octanol–water partition coefficient (Wildman–Crippen LogP) is 1.42. The monoisotopic (exact) mass is 267 g/mol. The number of aryl methyl sites for hydroxylation is 1. The molecule has 0 aliphatic carbocycles. The Labute approximate surface area is 105 Å². The van der Waals surface area contributed by atoms with Crippen LogP contribution in [0, 0.1) is 28.3 Å². The van der Waals surface area contributed by atoms with Gasteiger partial charge in [-0.25, -0.2) is 10.5 Å². The van der Waals surface area contributed by atoms with Crippen LogP contribution < -0.4 is 0 Å². The normalized spacial score (nSPS) is 5.36. The van der Waals surface area contributed by atoms with E-state index in [9.17, 15) is 0 Å². The minimum absolute atomic E-state index is 0. The topological polar surface area (TPSA) is 60.5 Å². The minimum atomic E-state index is 0. The molecule has 0 bridgehead atoms. The van der Waals surface area contributed by atoms with Crippen molar-refractivity contribution >= 4 is 25.3 Å². The van der Waals surface area contributed by atoms with Crippen molar-refractivity contribution in [3.8, 4) is 10.8 Å². The van der Waals surface area contributed by atoms with Gasteiger partial charge in [-0.2, -0.15) is 0 Å². The zero-order chi connectivity index (χ0) is 10.5. The van der Waals surface area contributed by atoms with Crippen LogP contribution in [0.1, 0.15) is 5.56 Å². The SMILES string of the molecule is Cc1cccnc1.N#C[S-].N#C[S-].[Ni+2]. The molecule has 1 aromatic heterocycles. The summed E-state index contributed by atoms with van der Waals surface area (Å²) in [6.45, 7) is 2.02. The molecule has 0 radical (unpaired) electrons. The molecule has 0 amide bonds. The molecule has 14 heavy (non-hydrogen) atoms. The molecule has 0 aromatic carbocycles.